The Labute approximate surface area is 137 Å². The number of piperidine rings is 1. The fourth-order valence-corrected chi connectivity index (χ4v) is 4.16. The number of benzene rings is 1. The maximum absolute atomic E-state index is 4.27. The lowest BCUT2D eigenvalue weighted by atomic mass is 10.0. The fraction of sp³-hybridized carbons (Fsp3) is 0.556. The number of aromatic nitrogens is 3. The van der Waals surface area contributed by atoms with Gasteiger partial charge in [-0.2, -0.15) is 15.0 Å². The Kier molecular flexibility index (Phi) is 3.81. The minimum atomic E-state index is 0.587. The van der Waals surface area contributed by atoms with Crippen LogP contribution in [0.3, 0.4) is 0 Å². The van der Waals surface area contributed by atoms with Crippen LogP contribution in [0.15, 0.2) is 30.6 Å². The van der Waals surface area contributed by atoms with Gasteiger partial charge in [0.25, 0.3) is 0 Å². The Morgan fingerprint density at radius 2 is 1.87 bits per heavy atom. The molecule has 1 atom stereocenters. The summed E-state index contributed by atoms with van der Waals surface area (Å²) in [6.07, 6.45) is 7.14. The van der Waals surface area contributed by atoms with Gasteiger partial charge in [0.2, 0.25) is 0 Å². The minimum Gasteiger partial charge on any atom is -0.365 e. The molecule has 0 N–H and O–H groups in total. The highest BCUT2D eigenvalue weighted by atomic mass is 15.5. The summed E-state index contributed by atoms with van der Waals surface area (Å²) in [7, 11) is 0. The molecule has 1 saturated heterocycles. The molecule has 5 nitrogen and oxygen atoms in total. The van der Waals surface area contributed by atoms with Crippen LogP contribution >= 0.6 is 0 Å². The van der Waals surface area contributed by atoms with Gasteiger partial charge >= 0.3 is 0 Å². The van der Waals surface area contributed by atoms with E-state index < -0.39 is 0 Å². The van der Waals surface area contributed by atoms with Crippen LogP contribution in [0.4, 0.5) is 5.69 Å². The third kappa shape index (κ3) is 2.63. The molecule has 2 aliphatic heterocycles. The third-order valence-corrected chi connectivity index (χ3v) is 5.38. The topological polar surface area (TPSA) is 37.2 Å². The smallest absolute Gasteiger partial charge is 0.0877 e. The van der Waals surface area contributed by atoms with Gasteiger partial charge in [-0.25, -0.2) is 0 Å². The Morgan fingerprint density at radius 3 is 2.57 bits per heavy atom. The molecule has 0 saturated carbocycles. The van der Waals surface area contributed by atoms with E-state index in [0.717, 1.165) is 12.1 Å². The van der Waals surface area contributed by atoms with E-state index in [1.54, 1.807) is 17.2 Å². The van der Waals surface area contributed by atoms with Gasteiger partial charge in [-0.1, -0.05) is 13.0 Å². The number of fused-ring (bicyclic) bond motifs is 1. The van der Waals surface area contributed by atoms with Crippen molar-refractivity contribution in [1.82, 2.24) is 19.9 Å². The van der Waals surface area contributed by atoms with Crippen molar-refractivity contribution in [2.24, 2.45) is 0 Å². The lowest BCUT2D eigenvalue weighted by Gasteiger charge is -2.40. The predicted molar refractivity (Wildman–Crippen MR) is 92.1 cm³/mol. The van der Waals surface area contributed by atoms with Crippen molar-refractivity contribution in [3.63, 3.8) is 0 Å². The van der Waals surface area contributed by atoms with Crippen LogP contribution < -0.4 is 4.90 Å². The van der Waals surface area contributed by atoms with Gasteiger partial charge in [-0.3, -0.25) is 0 Å². The molecule has 23 heavy (non-hydrogen) atoms. The van der Waals surface area contributed by atoms with Crippen molar-refractivity contribution >= 4 is 5.69 Å². The first kappa shape index (κ1) is 14.7. The third-order valence-electron chi connectivity index (χ3n) is 5.38. The molecular weight excluding hydrogens is 286 g/mol. The van der Waals surface area contributed by atoms with Crippen molar-refractivity contribution in [2.45, 2.75) is 45.2 Å². The van der Waals surface area contributed by atoms with Crippen LogP contribution in [0.25, 0.3) is 5.69 Å². The van der Waals surface area contributed by atoms with Gasteiger partial charge in [-0.05, 0) is 50.4 Å². The molecule has 0 bridgehead atoms. The maximum atomic E-state index is 4.27. The van der Waals surface area contributed by atoms with E-state index in [-0.39, 0.29) is 0 Å². The molecule has 1 fully saturated rings. The molecule has 0 aliphatic carbocycles. The molecular formula is C18H25N5. The monoisotopic (exact) mass is 311 g/mol. The zero-order chi connectivity index (χ0) is 15.8. The van der Waals surface area contributed by atoms with E-state index in [2.05, 4.69) is 52.0 Å². The normalized spacial score (nSPS) is 22.5. The largest absolute Gasteiger partial charge is 0.365 e. The van der Waals surface area contributed by atoms with E-state index in [9.17, 15) is 0 Å². The highest BCUT2D eigenvalue weighted by molar-refractivity contribution is 5.64. The maximum Gasteiger partial charge on any atom is 0.0877 e. The zero-order valence-electron chi connectivity index (χ0n) is 14.0. The molecule has 2 aromatic rings. The molecule has 0 amide bonds. The average molecular weight is 311 g/mol. The Bertz CT molecular complexity index is 658. The van der Waals surface area contributed by atoms with Gasteiger partial charge < -0.3 is 9.80 Å². The van der Waals surface area contributed by atoms with Crippen LogP contribution in [0.2, 0.25) is 0 Å². The van der Waals surface area contributed by atoms with Gasteiger partial charge in [0, 0.05) is 30.9 Å². The molecule has 4 rings (SSSR count). The van der Waals surface area contributed by atoms with E-state index in [1.807, 2.05) is 0 Å². The number of likely N-dealkylation sites (tertiary alicyclic amines) is 1. The molecule has 5 heteroatoms. The van der Waals surface area contributed by atoms with Gasteiger partial charge in [0.15, 0.2) is 0 Å². The van der Waals surface area contributed by atoms with E-state index in [1.165, 1.54) is 43.7 Å². The summed E-state index contributed by atoms with van der Waals surface area (Å²) in [6.45, 7) is 8.24. The second-order valence-electron chi connectivity index (χ2n) is 6.76. The number of rotatable bonds is 3. The molecule has 122 valence electrons. The second-order valence-corrected chi connectivity index (χ2v) is 6.76. The minimum absolute atomic E-state index is 0.587. The lowest BCUT2D eigenvalue weighted by Crippen LogP contribution is -2.47. The van der Waals surface area contributed by atoms with Gasteiger partial charge in [0.1, 0.15) is 0 Å². The number of nitrogens with zero attached hydrogens (tertiary/aromatic N) is 5. The van der Waals surface area contributed by atoms with Crippen LogP contribution in [-0.4, -0.2) is 51.6 Å². The van der Waals surface area contributed by atoms with Crippen LogP contribution in [-0.2, 0) is 6.42 Å². The van der Waals surface area contributed by atoms with Gasteiger partial charge in [0.05, 0.1) is 18.1 Å². The van der Waals surface area contributed by atoms with Crippen molar-refractivity contribution in [3.05, 3.63) is 36.2 Å². The van der Waals surface area contributed by atoms with Crippen LogP contribution in [0.1, 0.15) is 32.3 Å². The number of anilines is 1. The predicted octanol–water partition coefficient (Wildman–Crippen LogP) is 2.50. The molecule has 1 aromatic heterocycles. The SMILES string of the molecule is CCN1CCC(N2c3cc(-n4nccn4)ccc3CC2C)CC1. The Morgan fingerprint density at radius 1 is 1.13 bits per heavy atom. The molecule has 1 aromatic carbocycles. The Hall–Kier alpha value is -1.88. The van der Waals surface area contributed by atoms with E-state index in [0.29, 0.717) is 12.1 Å². The summed E-state index contributed by atoms with van der Waals surface area (Å²) in [5.74, 6) is 0. The van der Waals surface area contributed by atoms with E-state index in [4.69, 9.17) is 0 Å². The molecule has 0 spiro atoms. The average Bonchev–Trinajstić information content (AvgIpc) is 3.21. The summed E-state index contributed by atoms with van der Waals surface area (Å²) < 4.78 is 0. The summed E-state index contributed by atoms with van der Waals surface area (Å²) >= 11 is 0. The lowest BCUT2D eigenvalue weighted by molar-refractivity contribution is 0.216. The van der Waals surface area contributed by atoms with Crippen molar-refractivity contribution in [3.8, 4) is 5.69 Å². The van der Waals surface area contributed by atoms with Crippen molar-refractivity contribution < 1.29 is 0 Å². The zero-order valence-corrected chi connectivity index (χ0v) is 14.0. The summed E-state index contributed by atoms with van der Waals surface area (Å²) in [5.41, 5.74) is 3.91. The van der Waals surface area contributed by atoms with Crippen molar-refractivity contribution in [2.75, 3.05) is 24.5 Å². The first-order chi connectivity index (χ1) is 11.3. The summed E-state index contributed by atoms with van der Waals surface area (Å²) in [6, 6.07) is 7.91. The summed E-state index contributed by atoms with van der Waals surface area (Å²) in [4.78, 5) is 6.93. The molecule has 3 heterocycles. The van der Waals surface area contributed by atoms with Crippen LogP contribution in [0, 0.1) is 0 Å². The van der Waals surface area contributed by atoms with Crippen LogP contribution in [0.5, 0.6) is 0 Å². The molecule has 0 radical (unpaired) electrons. The molecule has 1 unspecified atom stereocenters. The van der Waals surface area contributed by atoms with Gasteiger partial charge in [-0.15, -0.1) is 0 Å². The first-order valence-corrected chi connectivity index (χ1v) is 8.76. The number of hydrogen-bond donors (Lipinski definition) is 0. The standard InChI is InChI=1S/C18H25N5/c1-3-21-10-6-16(7-11-21)22-14(2)12-15-4-5-17(13-18(15)22)23-19-8-9-20-23/h4-5,8-9,13-14,16H,3,6-7,10-12H2,1-2H3. The first-order valence-electron chi connectivity index (χ1n) is 8.76. The Balaban J connectivity index is 1.62. The van der Waals surface area contributed by atoms with Crippen molar-refractivity contribution in [1.29, 1.82) is 0 Å². The second kappa shape index (κ2) is 5.96. The molecule has 2 aliphatic rings. The highest BCUT2D eigenvalue weighted by Crippen LogP contribution is 2.37. The quantitative estimate of drug-likeness (QED) is 0.873. The highest BCUT2D eigenvalue weighted by Gasteiger charge is 2.33. The number of hydrogen-bond acceptors (Lipinski definition) is 4. The summed E-state index contributed by atoms with van der Waals surface area (Å²) in [5, 5.41) is 8.54. The fourth-order valence-electron chi connectivity index (χ4n) is 4.16. The van der Waals surface area contributed by atoms with E-state index >= 15 is 0 Å².